The number of nitrogens with one attached hydrogen (secondary N) is 1. The third kappa shape index (κ3) is 4.72. The zero-order valence-electron chi connectivity index (χ0n) is 16.4. The molecule has 0 radical (unpaired) electrons. The van der Waals surface area contributed by atoms with Crippen LogP contribution in [-0.4, -0.2) is 21.9 Å². The first-order valence-corrected chi connectivity index (χ1v) is 10.4. The van der Waals surface area contributed by atoms with Gasteiger partial charge in [-0.2, -0.15) is 13.2 Å². The van der Waals surface area contributed by atoms with Crippen molar-refractivity contribution < 1.29 is 22.7 Å². The zero-order valence-corrected chi connectivity index (χ0v) is 17.3. The second kappa shape index (κ2) is 8.43. The van der Waals surface area contributed by atoms with Crippen LogP contribution < -0.4 is 10.1 Å². The van der Waals surface area contributed by atoms with Gasteiger partial charge in [0.2, 0.25) is 5.91 Å². The lowest BCUT2D eigenvalue weighted by molar-refractivity contribution is -0.137. The molecule has 0 aliphatic rings. The molecule has 2 heterocycles. The summed E-state index contributed by atoms with van der Waals surface area (Å²) in [4.78, 5) is 17.7. The molecule has 4 rings (SSSR count). The van der Waals surface area contributed by atoms with E-state index in [1.807, 2.05) is 47.2 Å². The summed E-state index contributed by atoms with van der Waals surface area (Å²) < 4.78 is 45.8. The number of imidazole rings is 1. The maximum Gasteiger partial charge on any atom is 0.416 e. The van der Waals surface area contributed by atoms with Gasteiger partial charge in [-0.1, -0.05) is 6.07 Å². The highest BCUT2D eigenvalue weighted by molar-refractivity contribution is 7.15. The fourth-order valence-electron chi connectivity index (χ4n) is 3.13. The van der Waals surface area contributed by atoms with Crippen LogP contribution in [0.1, 0.15) is 18.2 Å². The number of carbonyl (C=O) groups excluding carboxylic acids is 1. The predicted molar refractivity (Wildman–Crippen MR) is 113 cm³/mol. The largest absolute Gasteiger partial charge is 0.494 e. The number of aromatic nitrogens is 2. The smallest absolute Gasteiger partial charge is 0.416 e. The number of rotatable bonds is 6. The van der Waals surface area contributed by atoms with E-state index in [1.165, 1.54) is 23.5 Å². The number of anilines is 1. The monoisotopic (exact) mass is 445 g/mol. The number of alkyl halides is 3. The lowest BCUT2D eigenvalue weighted by atomic mass is 10.1. The Morgan fingerprint density at radius 2 is 1.97 bits per heavy atom. The van der Waals surface area contributed by atoms with Gasteiger partial charge in [-0.15, -0.1) is 11.3 Å². The highest BCUT2D eigenvalue weighted by Crippen LogP contribution is 2.31. The van der Waals surface area contributed by atoms with E-state index < -0.39 is 17.6 Å². The number of hydrogen-bond donors (Lipinski definition) is 1. The molecule has 0 saturated carbocycles. The summed E-state index contributed by atoms with van der Waals surface area (Å²) in [5.74, 6) is 0.370. The van der Waals surface area contributed by atoms with Crippen LogP contribution in [-0.2, 0) is 17.4 Å². The number of benzene rings is 2. The molecule has 2 aromatic carbocycles. The molecule has 2 aromatic heterocycles. The van der Waals surface area contributed by atoms with Crippen LogP contribution in [0.4, 0.5) is 18.9 Å². The number of hydrogen-bond acceptors (Lipinski definition) is 4. The summed E-state index contributed by atoms with van der Waals surface area (Å²) in [5.41, 5.74) is 1.67. The highest BCUT2D eigenvalue weighted by Gasteiger charge is 2.30. The van der Waals surface area contributed by atoms with Crippen molar-refractivity contribution in [1.82, 2.24) is 9.38 Å². The van der Waals surface area contributed by atoms with Gasteiger partial charge in [0.25, 0.3) is 0 Å². The Kier molecular flexibility index (Phi) is 5.69. The Morgan fingerprint density at radius 3 is 2.68 bits per heavy atom. The number of nitrogens with zero attached hydrogens (tertiary/aromatic N) is 2. The van der Waals surface area contributed by atoms with E-state index in [9.17, 15) is 18.0 Å². The van der Waals surface area contributed by atoms with Crippen molar-refractivity contribution in [2.45, 2.75) is 19.5 Å². The van der Waals surface area contributed by atoms with Gasteiger partial charge in [0.15, 0.2) is 4.96 Å². The van der Waals surface area contributed by atoms with Crippen molar-refractivity contribution in [1.29, 1.82) is 0 Å². The Hall–Kier alpha value is -3.33. The fraction of sp³-hybridized carbons (Fsp3) is 0.182. The number of halogens is 3. The summed E-state index contributed by atoms with van der Waals surface area (Å²) in [6, 6.07) is 12.1. The maximum atomic E-state index is 12.9. The van der Waals surface area contributed by atoms with Gasteiger partial charge in [-0.3, -0.25) is 9.20 Å². The Bertz CT molecular complexity index is 1210. The van der Waals surface area contributed by atoms with E-state index in [4.69, 9.17) is 4.74 Å². The molecule has 160 valence electrons. The normalized spacial score (nSPS) is 11.6. The van der Waals surface area contributed by atoms with Crippen LogP contribution >= 0.6 is 11.3 Å². The van der Waals surface area contributed by atoms with Crippen LogP contribution in [0.2, 0.25) is 0 Å². The zero-order chi connectivity index (χ0) is 22.0. The second-order valence-electron chi connectivity index (χ2n) is 6.77. The number of thiazole rings is 1. The fourth-order valence-corrected chi connectivity index (χ4v) is 4.00. The standard InChI is InChI=1S/C22H18F3N3O2S/c1-2-30-18-8-6-14(7-9-18)19-12-28-17(13-31-21(28)27-19)11-20(29)26-16-5-3-4-15(10-16)22(23,24)25/h3-10,12-13H,2,11H2,1H3,(H,26,29). The molecule has 0 atom stereocenters. The number of fused-ring (bicyclic) bond motifs is 1. The summed E-state index contributed by atoms with van der Waals surface area (Å²) in [6.07, 6.45) is -2.61. The molecule has 0 bridgehead atoms. The average Bonchev–Trinajstić information content (AvgIpc) is 3.30. The van der Waals surface area contributed by atoms with Crippen LogP contribution in [0.15, 0.2) is 60.1 Å². The molecule has 0 spiro atoms. The molecular weight excluding hydrogens is 427 g/mol. The summed E-state index contributed by atoms with van der Waals surface area (Å²) in [6.45, 7) is 2.51. The van der Waals surface area contributed by atoms with Crippen molar-refractivity contribution in [3.63, 3.8) is 0 Å². The summed E-state index contributed by atoms with van der Waals surface area (Å²) >= 11 is 1.39. The second-order valence-corrected chi connectivity index (χ2v) is 7.60. The molecular formula is C22H18F3N3O2S. The van der Waals surface area contributed by atoms with Gasteiger partial charge >= 0.3 is 6.18 Å². The molecule has 0 aliphatic carbocycles. The molecule has 0 saturated heterocycles. The minimum atomic E-state index is -4.46. The van der Waals surface area contributed by atoms with E-state index in [0.29, 0.717) is 12.3 Å². The molecule has 4 aromatic rings. The van der Waals surface area contributed by atoms with Crippen LogP contribution in [0.3, 0.4) is 0 Å². The minimum absolute atomic E-state index is 0.00925. The number of ether oxygens (including phenoxy) is 1. The predicted octanol–water partition coefficient (Wildman–Crippen LogP) is 5.66. The Balaban J connectivity index is 1.49. The van der Waals surface area contributed by atoms with E-state index in [0.717, 1.165) is 34.1 Å². The SMILES string of the molecule is CCOc1ccc(-c2cn3c(CC(=O)Nc4cccc(C(F)(F)F)c4)csc3n2)cc1. The lowest BCUT2D eigenvalue weighted by Gasteiger charge is -2.09. The third-order valence-corrected chi connectivity index (χ3v) is 5.45. The van der Waals surface area contributed by atoms with Crippen molar-refractivity contribution in [2.24, 2.45) is 0 Å². The van der Waals surface area contributed by atoms with Crippen molar-refractivity contribution >= 4 is 27.9 Å². The molecule has 0 unspecified atom stereocenters. The molecule has 0 fully saturated rings. The van der Waals surface area contributed by atoms with Crippen LogP contribution in [0, 0.1) is 0 Å². The molecule has 0 aliphatic heterocycles. The first kappa shape index (κ1) is 20.9. The van der Waals surface area contributed by atoms with E-state index >= 15 is 0 Å². The van der Waals surface area contributed by atoms with Crippen molar-refractivity contribution in [2.75, 3.05) is 11.9 Å². The lowest BCUT2D eigenvalue weighted by Crippen LogP contribution is -2.16. The van der Waals surface area contributed by atoms with Gasteiger partial charge in [-0.25, -0.2) is 4.98 Å². The number of amides is 1. The first-order valence-electron chi connectivity index (χ1n) is 9.49. The summed E-state index contributed by atoms with van der Waals surface area (Å²) in [7, 11) is 0. The van der Waals surface area contributed by atoms with Gasteiger partial charge in [0.05, 0.1) is 24.3 Å². The Morgan fingerprint density at radius 1 is 1.19 bits per heavy atom. The van der Waals surface area contributed by atoms with Gasteiger partial charge in [0, 0.05) is 28.5 Å². The highest BCUT2D eigenvalue weighted by atomic mass is 32.1. The minimum Gasteiger partial charge on any atom is -0.494 e. The van der Waals surface area contributed by atoms with Crippen molar-refractivity contribution in [3.8, 4) is 17.0 Å². The third-order valence-electron chi connectivity index (χ3n) is 4.56. The van der Waals surface area contributed by atoms with Gasteiger partial charge in [-0.05, 0) is 49.4 Å². The molecule has 5 nitrogen and oxygen atoms in total. The summed E-state index contributed by atoms with van der Waals surface area (Å²) in [5, 5.41) is 4.35. The Labute approximate surface area is 180 Å². The van der Waals surface area contributed by atoms with Crippen molar-refractivity contribution in [3.05, 3.63) is 71.4 Å². The van der Waals surface area contributed by atoms with E-state index in [2.05, 4.69) is 10.3 Å². The number of carbonyl (C=O) groups is 1. The maximum absolute atomic E-state index is 12.9. The molecule has 9 heteroatoms. The van der Waals surface area contributed by atoms with Crippen LogP contribution in [0.25, 0.3) is 16.2 Å². The van der Waals surface area contributed by atoms with E-state index in [-0.39, 0.29) is 12.1 Å². The molecule has 1 N–H and O–H groups in total. The first-order chi connectivity index (χ1) is 14.8. The topological polar surface area (TPSA) is 55.6 Å². The molecule has 31 heavy (non-hydrogen) atoms. The van der Waals surface area contributed by atoms with Crippen LogP contribution in [0.5, 0.6) is 5.75 Å². The van der Waals surface area contributed by atoms with Gasteiger partial charge < -0.3 is 10.1 Å². The molecule has 1 amide bonds. The van der Waals surface area contributed by atoms with Gasteiger partial charge in [0.1, 0.15) is 5.75 Å². The average molecular weight is 445 g/mol. The van der Waals surface area contributed by atoms with E-state index in [1.54, 1.807) is 0 Å². The quantitative estimate of drug-likeness (QED) is 0.417.